The number of aromatic nitrogens is 2. The van der Waals surface area contributed by atoms with Crippen LogP contribution in [0.3, 0.4) is 0 Å². The van der Waals surface area contributed by atoms with E-state index < -0.39 is 0 Å². The number of likely N-dealkylation sites (N-methyl/N-ethyl adjacent to an activating group) is 1. The molecule has 0 radical (unpaired) electrons. The zero-order valence-electron chi connectivity index (χ0n) is 20.4. The van der Waals surface area contributed by atoms with Gasteiger partial charge in [0.2, 0.25) is 0 Å². The molecule has 8 heteroatoms. The molecule has 0 saturated carbocycles. The Morgan fingerprint density at radius 1 is 1.17 bits per heavy atom. The van der Waals surface area contributed by atoms with Crippen molar-refractivity contribution >= 4 is 17.6 Å². The summed E-state index contributed by atoms with van der Waals surface area (Å²) in [7, 11) is 2.11. The Morgan fingerprint density at radius 3 is 2.78 bits per heavy atom. The van der Waals surface area contributed by atoms with E-state index in [4.69, 9.17) is 5.41 Å². The maximum Gasteiger partial charge on any atom is 0.130 e. The van der Waals surface area contributed by atoms with Crippen LogP contribution < -0.4 is 4.90 Å². The van der Waals surface area contributed by atoms with Gasteiger partial charge in [-0.25, -0.2) is 9.37 Å². The molecule has 1 atom stereocenters. The molecule has 2 aliphatic rings. The van der Waals surface area contributed by atoms with Crippen molar-refractivity contribution in [1.29, 1.82) is 10.7 Å². The van der Waals surface area contributed by atoms with Gasteiger partial charge in [0.1, 0.15) is 23.5 Å². The molecular weight excluding hydrogens is 453 g/mol. The van der Waals surface area contributed by atoms with Crippen molar-refractivity contribution in [3.05, 3.63) is 77.5 Å². The first kappa shape index (κ1) is 23.8. The number of imidazole rings is 1. The Bertz CT molecular complexity index is 1310. The fraction of sp³-hybridized carbons (Fsp3) is 0.321. The second-order valence-corrected chi connectivity index (χ2v) is 9.44. The zero-order chi connectivity index (χ0) is 25.1. The standard InChI is InChI=1S/C28H30FN7/c1-34-12-14-35(15-13-34)26-17-20(7-8-22(26)18-30)24-19-32-28(33-24)10-9-27(31)36-11-3-6-25(36)21-4-2-5-23(29)16-21/h2,4-5,7-10,16-17,19,25,31H,3,6,11-15H2,1H3,(H,32,33)/b10-9-,31-27?. The van der Waals surface area contributed by atoms with Crippen LogP contribution in [-0.4, -0.2) is 65.4 Å². The normalized spacial score (nSPS) is 18.6. The molecule has 0 aliphatic carbocycles. The van der Waals surface area contributed by atoms with Crippen LogP contribution in [0.15, 0.2) is 54.7 Å². The Labute approximate surface area is 211 Å². The highest BCUT2D eigenvalue weighted by Crippen LogP contribution is 2.33. The topological polar surface area (TPSA) is 86.0 Å². The van der Waals surface area contributed by atoms with Crippen molar-refractivity contribution in [3.63, 3.8) is 0 Å². The van der Waals surface area contributed by atoms with Gasteiger partial charge in [-0.3, -0.25) is 5.41 Å². The highest BCUT2D eigenvalue weighted by atomic mass is 19.1. The Kier molecular flexibility index (Phi) is 6.83. The molecule has 7 nitrogen and oxygen atoms in total. The first-order valence-corrected chi connectivity index (χ1v) is 12.3. The number of H-pyrrole nitrogens is 1. The number of amidine groups is 1. The minimum atomic E-state index is -0.247. The number of nitrogens with one attached hydrogen (secondary N) is 2. The minimum Gasteiger partial charge on any atom is -0.368 e. The molecule has 3 heterocycles. The second-order valence-electron chi connectivity index (χ2n) is 9.44. The summed E-state index contributed by atoms with van der Waals surface area (Å²) >= 11 is 0. The molecule has 2 saturated heterocycles. The number of aromatic amines is 1. The first-order valence-electron chi connectivity index (χ1n) is 12.3. The molecule has 36 heavy (non-hydrogen) atoms. The first-order chi connectivity index (χ1) is 17.5. The number of anilines is 1. The molecular formula is C28H30FN7. The van der Waals surface area contributed by atoms with Crippen molar-refractivity contribution in [2.45, 2.75) is 18.9 Å². The number of hydrogen-bond acceptors (Lipinski definition) is 5. The van der Waals surface area contributed by atoms with Gasteiger partial charge in [0.15, 0.2) is 0 Å². The van der Waals surface area contributed by atoms with Crippen LogP contribution in [0.5, 0.6) is 0 Å². The van der Waals surface area contributed by atoms with Crippen LogP contribution in [0.25, 0.3) is 17.3 Å². The summed E-state index contributed by atoms with van der Waals surface area (Å²) in [5, 5.41) is 18.2. The number of likely N-dealkylation sites (tertiary alicyclic amines) is 1. The molecule has 0 bridgehead atoms. The Hall–Kier alpha value is -3.96. The lowest BCUT2D eigenvalue weighted by Gasteiger charge is -2.34. The van der Waals surface area contributed by atoms with E-state index in [1.807, 2.05) is 23.1 Å². The quantitative estimate of drug-likeness (QED) is 0.407. The van der Waals surface area contributed by atoms with Crippen molar-refractivity contribution in [3.8, 4) is 17.3 Å². The summed E-state index contributed by atoms with van der Waals surface area (Å²) in [6.07, 6.45) is 7.20. The van der Waals surface area contributed by atoms with E-state index in [9.17, 15) is 9.65 Å². The van der Waals surface area contributed by atoms with Crippen molar-refractivity contribution < 1.29 is 4.39 Å². The third-order valence-electron chi connectivity index (χ3n) is 7.06. The van der Waals surface area contributed by atoms with Gasteiger partial charge in [-0.1, -0.05) is 18.2 Å². The molecule has 2 aromatic carbocycles. The lowest BCUT2D eigenvalue weighted by atomic mass is 10.0. The fourth-order valence-electron chi connectivity index (χ4n) is 5.04. The van der Waals surface area contributed by atoms with Crippen molar-refractivity contribution in [2.24, 2.45) is 0 Å². The van der Waals surface area contributed by atoms with Gasteiger partial charge in [0, 0.05) is 38.3 Å². The summed E-state index contributed by atoms with van der Waals surface area (Å²) in [5.41, 5.74) is 4.36. The SMILES string of the molecule is CN1CCN(c2cc(-c3cnc(/C=C\C(=N)N4CCCC4c4cccc(F)c4)[nH]3)ccc2C#N)CC1. The molecule has 2 fully saturated rings. The Balaban J connectivity index is 1.31. The number of nitriles is 1. The van der Waals surface area contributed by atoms with Crippen LogP contribution in [-0.2, 0) is 0 Å². The monoisotopic (exact) mass is 483 g/mol. The highest BCUT2D eigenvalue weighted by Gasteiger charge is 2.27. The molecule has 2 aliphatic heterocycles. The van der Waals surface area contributed by atoms with Crippen LogP contribution in [0.1, 0.15) is 35.8 Å². The summed E-state index contributed by atoms with van der Waals surface area (Å²) in [6.45, 7) is 4.49. The summed E-state index contributed by atoms with van der Waals surface area (Å²) in [6, 6.07) is 14.9. The van der Waals surface area contributed by atoms with Crippen LogP contribution in [0, 0.1) is 22.6 Å². The minimum absolute atomic E-state index is 0.0108. The molecule has 2 N–H and O–H groups in total. The lowest BCUT2D eigenvalue weighted by molar-refractivity contribution is 0.313. The summed E-state index contributed by atoms with van der Waals surface area (Å²) in [4.78, 5) is 14.4. The summed E-state index contributed by atoms with van der Waals surface area (Å²) in [5.74, 6) is 0.792. The zero-order valence-corrected chi connectivity index (χ0v) is 20.4. The molecule has 184 valence electrons. The number of piperazine rings is 1. The number of halogens is 1. The predicted octanol–water partition coefficient (Wildman–Crippen LogP) is 4.67. The molecule has 3 aromatic rings. The van der Waals surface area contributed by atoms with E-state index in [1.165, 1.54) is 6.07 Å². The van der Waals surface area contributed by atoms with Crippen molar-refractivity contribution in [2.75, 3.05) is 44.7 Å². The highest BCUT2D eigenvalue weighted by molar-refractivity contribution is 5.94. The average molecular weight is 484 g/mol. The fourth-order valence-corrected chi connectivity index (χ4v) is 5.04. The smallest absolute Gasteiger partial charge is 0.130 e. The largest absolute Gasteiger partial charge is 0.368 e. The third-order valence-corrected chi connectivity index (χ3v) is 7.06. The maximum absolute atomic E-state index is 13.7. The van der Waals surface area contributed by atoms with E-state index >= 15 is 0 Å². The number of hydrogen-bond donors (Lipinski definition) is 2. The summed E-state index contributed by atoms with van der Waals surface area (Å²) < 4.78 is 13.7. The van der Waals surface area contributed by atoms with Gasteiger partial charge in [0.05, 0.1) is 29.2 Å². The molecule has 5 rings (SSSR count). The van der Waals surface area contributed by atoms with Gasteiger partial charge in [-0.2, -0.15) is 5.26 Å². The van der Waals surface area contributed by atoms with E-state index in [1.54, 1.807) is 30.5 Å². The molecule has 0 amide bonds. The van der Waals surface area contributed by atoms with Crippen LogP contribution >= 0.6 is 0 Å². The number of rotatable bonds is 5. The van der Waals surface area contributed by atoms with E-state index in [2.05, 4.69) is 39.0 Å². The van der Waals surface area contributed by atoms with E-state index in [0.29, 0.717) is 17.2 Å². The van der Waals surface area contributed by atoms with Gasteiger partial charge < -0.3 is 19.7 Å². The number of nitrogens with zero attached hydrogens (tertiary/aromatic N) is 5. The van der Waals surface area contributed by atoms with E-state index in [-0.39, 0.29) is 11.9 Å². The molecule has 1 unspecified atom stereocenters. The maximum atomic E-state index is 13.7. The average Bonchev–Trinajstić information content (AvgIpc) is 3.58. The Morgan fingerprint density at radius 2 is 2.00 bits per heavy atom. The van der Waals surface area contributed by atoms with Gasteiger partial charge in [0.25, 0.3) is 0 Å². The second kappa shape index (κ2) is 10.3. The van der Waals surface area contributed by atoms with Crippen LogP contribution in [0.2, 0.25) is 0 Å². The van der Waals surface area contributed by atoms with E-state index in [0.717, 1.165) is 68.1 Å². The van der Waals surface area contributed by atoms with Gasteiger partial charge in [-0.15, -0.1) is 0 Å². The molecule has 0 spiro atoms. The number of benzene rings is 2. The lowest BCUT2D eigenvalue weighted by Crippen LogP contribution is -2.44. The molecule has 1 aromatic heterocycles. The van der Waals surface area contributed by atoms with Crippen LogP contribution in [0.4, 0.5) is 10.1 Å². The van der Waals surface area contributed by atoms with Gasteiger partial charge >= 0.3 is 0 Å². The van der Waals surface area contributed by atoms with Gasteiger partial charge in [-0.05, 0) is 61.9 Å². The third kappa shape index (κ3) is 5.02. The van der Waals surface area contributed by atoms with Crippen molar-refractivity contribution in [1.82, 2.24) is 19.8 Å². The predicted molar refractivity (Wildman–Crippen MR) is 140 cm³/mol.